The SMILES string of the molecule is Cc1cc(C(C)(C)C)c(C2OCC3(CO2)COP(c2cc(C(C)(C)C)c(C)cc2C(C)(C)C)OC3)cc1C(C)(C)C. The van der Waals surface area contributed by atoms with Crippen LogP contribution in [0.1, 0.15) is 128 Å². The third-order valence-electron chi connectivity index (χ3n) is 8.48. The van der Waals surface area contributed by atoms with Crippen molar-refractivity contribution in [1.82, 2.24) is 0 Å². The summed E-state index contributed by atoms with van der Waals surface area (Å²) in [4.78, 5) is 0. The lowest BCUT2D eigenvalue weighted by molar-refractivity contribution is -0.249. The molecule has 0 saturated carbocycles. The molecule has 2 aliphatic heterocycles. The quantitative estimate of drug-likeness (QED) is 0.331. The fraction of sp³-hybridized carbons (Fsp3) is 0.667. The average Bonchev–Trinajstić information content (AvgIpc) is 2.82. The van der Waals surface area contributed by atoms with Crippen LogP contribution in [0, 0.1) is 19.3 Å². The molecule has 0 atom stereocenters. The van der Waals surface area contributed by atoms with E-state index in [1.807, 2.05) is 0 Å². The molecule has 2 aromatic rings. The van der Waals surface area contributed by atoms with Gasteiger partial charge in [-0.15, -0.1) is 0 Å². The van der Waals surface area contributed by atoms with Crippen molar-refractivity contribution >= 4 is 13.7 Å². The number of hydrogen-bond donors (Lipinski definition) is 0. The van der Waals surface area contributed by atoms with Crippen molar-refractivity contribution < 1.29 is 18.5 Å². The Morgan fingerprint density at radius 3 is 1.41 bits per heavy atom. The minimum atomic E-state index is -1.19. The Kier molecular flexibility index (Phi) is 8.76. The van der Waals surface area contributed by atoms with E-state index in [4.69, 9.17) is 18.5 Å². The van der Waals surface area contributed by atoms with Gasteiger partial charge in [-0.2, -0.15) is 0 Å². The highest BCUT2D eigenvalue weighted by molar-refractivity contribution is 7.56. The highest BCUT2D eigenvalue weighted by Gasteiger charge is 2.45. The molecular weight excluding hydrogens is 527 g/mol. The third-order valence-corrected chi connectivity index (χ3v) is 9.97. The minimum absolute atomic E-state index is 0.00428. The second-order valence-corrected chi connectivity index (χ2v) is 18.2. The van der Waals surface area contributed by atoms with Crippen molar-refractivity contribution in [2.45, 2.75) is 125 Å². The summed E-state index contributed by atoms with van der Waals surface area (Å²) in [5.41, 5.74) is 8.86. The van der Waals surface area contributed by atoms with Crippen molar-refractivity contribution in [3.8, 4) is 0 Å². The fourth-order valence-electron chi connectivity index (χ4n) is 6.18. The number of ether oxygens (including phenoxy) is 2. The van der Waals surface area contributed by atoms with Crippen molar-refractivity contribution in [3.63, 3.8) is 0 Å². The lowest BCUT2D eigenvalue weighted by Crippen LogP contribution is -2.48. The molecule has 0 aromatic heterocycles. The number of hydrogen-bond acceptors (Lipinski definition) is 4. The summed E-state index contributed by atoms with van der Waals surface area (Å²) in [6, 6.07) is 9.37. The summed E-state index contributed by atoms with van der Waals surface area (Å²) >= 11 is 0. The monoisotopic (exact) mass is 582 g/mol. The molecule has 41 heavy (non-hydrogen) atoms. The molecule has 4 nitrogen and oxygen atoms in total. The predicted molar refractivity (Wildman–Crippen MR) is 173 cm³/mol. The van der Waals surface area contributed by atoms with Gasteiger partial charge in [-0.25, -0.2) is 0 Å². The first-order valence-electron chi connectivity index (χ1n) is 15.2. The van der Waals surface area contributed by atoms with Crippen molar-refractivity contribution in [1.29, 1.82) is 0 Å². The molecule has 0 unspecified atom stereocenters. The highest BCUT2D eigenvalue weighted by atomic mass is 31.2. The summed E-state index contributed by atoms with van der Waals surface area (Å²) < 4.78 is 26.2. The van der Waals surface area contributed by atoms with Gasteiger partial charge >= 0.3 is 0 Å². The van der Waals surface area contributed by atoms with Gasteiger partial charge in [0.15, 0.2) is 6.29 Å². The largest absolute Gasteiger partial charge is 0.348 e. The molecule has 2 heterocycles. The van der Waals surface area contributed by atoms with Crippen LogP contribution in [0.15, 0.2) is 24.3 Å². The van der Waals surface area contributed by atoms with Crippen LogP contribution in [0.25, 0.3) is 0 Å². The first kappa shape index (κ1) is 32.6. The van der Waals surface area contributed by atoms with Crippen LogP contribution in [0.2, 0.25) is 0 Å². The Bertz CT molecular complexity index is 1150. The van der Waals surface area contributed by atoms with Crippen molar-refractivity contribution in [3.05, 3.63) is 63.2 Å². The molecule has 2 aromatic carbocycles. The number of rotatable bonds is 2. The summed E-state index contributed by atoms with van der Waals surface area (Å²) in [6.45, 7) is 33.9. The minimum Gasteiger partial charge on any atom is -0.348 e. The second-order valence-electron chi connectivity index (χ2n) is 16.7. The zero-order chi connectivity index (χ0) is 30.8. The molecule has 2 aliphatic rings. The summed E-state index contributed by atoms with van der Waals surface area (Å²) in [6.07, 6.45) is -0.390. The lowest BCUT2D eigenvalue weighted by Gasteiger charge is -2.44. The Morgan fingerprint density at radius 2 is 0.976 bits per heavy atom. The van der Waals surface area contributed by atoms with Crippen molar-refractivity contribution in [2.75, 3.05) is 26.4 Å². The lowest BCUT2D eigenvalue weighted by atomic mass is 9.77. The van der Waals surface area contributed by atoms with E-state index >= 15 is 0 Å². The maximum atomic E-state index is 6.58. The molecule has 0 aliphatic carbocycles. The van der Waals surface area contributed by atoms with Gasteiger partial charge in [0.2, 0.25) is 8.38 Å². The van der Waals surface area contributed by atoms with Gasteiger partial charge in [-0.1, -0.05) is 95.2 Å². The molecule has 0 N–H and O–H groups in total. The van der Waals surface area contributed by atoms with Gasteiger partial charge in [-0.3, -0.25) is 0 Å². The van der Waals surface area contributed by atoms with Crippen LogP contribution in [-0.4, -0.2) is 26.4 Å². The Hall–Kier alpha value is -1.29. The maximum Gasteiger partial charge on any atom is 0.205 e. The number of aryl methyl sites for hydroxylation is 2. The summed E-state index contributed by atoms with van der Waals surface area (Å²) in [5.74, 6) is 0. The van der Waals surface area contributed by atoms with Gasteiger partial charge in [0.05, 0.1) is 31.8 Å². The smallest absolute Gasteiger partial charge is 0.205 e. The van der Waals surface area contributed by atoms with E-state index in [0.717, 1.165) is 5.56 Å². The van der Waals surface area contributed by atoms with Crippen LogP contribution in [-0.2, 0) is 40.2 Å². The number of benzene rings is 2. The van der Waals surface area contributed by atoms with Gasteiger partial charge in [0.25, 0.3) is 0 Å². The molecule has 2 fully saturated rings. The third kappa shape index (κ3) is 6.94. The van der Waals surface area contributed by atoms with Crippen LogP contribution in [0.4, 0.5) is 0 Å². The van der Waals surface area contributed by atoms with E-state index in [1.165, 1.54) is 38.7 Å². The van der Waals surface area contributed by atoms with Gasteiger partial charge in [0.1, 0.15) is 0 Å². The zero-order valence-corrected chi connectivity index (χ0v) is 29.2. The van der Waals surface area contributed by atoms with Crippen LogP contribution >= 0.6 is 8.38 Å². The van der Waals surface area contributed by atoms with E-state index in [-0.39, 0.29) is 33.4 Å². The molecular formula is C36H55O4P. The molecule has 4 rings (SSSR count). The topological polar surface area (TPSA) is 36.9 Å². The Morgan fingerprint density at radius 1 is 0.561 bits per heavy atom. The molecule has 1 spiro atoms. The van der Waals surface area contributed by atoms with Gasteiger partial charge < -0.3 is 18.5 Å². The molecule has 228 valence electrons. The zero-order valence-electron chi connectivity index (χ0n) is 28.3. The first-order chi connectivity index (χ1) is 18.6. The maximum absolute atomic E-state index is 6.58. The van der Waals surface area contributed by atoms with E-state index in [0.29, 0.717) is 26.4 Å². The Labute approximate surface area is 251 Å². The summed E-state index contributed by atoms with van der Waals surface area (Å²) in [7, 11) is -1.19. The van der Waals surface area contributed by atoms with E-state index in [1.54, 1.807) is 0 Å². The predicted octanol–water partition coefficient (Wildman–Crippen LogP) is 9.21. The second kappa shape index (κ2) is 11.0. The van der Waals surface area contributed by atoms with E-state index in [2.05, 4.69) is 121 Å². The van der Waals surface area contributed by atoms with E-state index < -0.39 is 8.38 Å². The van der Waals surface area contributed by atoms with Crippen LogP contribution in [0.3, 0.4) is 0 Å². The molecule has 0 amide bonds. The van der Waals surface area contributed by atoms with E-state index in [9.17, 15) is 0 Å². The molecule has 0 bridgehead atoms. The highest BCUT2D eigenvalue weighted by Crippen LogP contribution is 2.50. The van der Waals surface area contributed by atoms with Crippen LogP contribution < -0.4 is 5.30 Å². The Balaban J connectivity index is 1.55. The summed E-state index contributed by atoms with van der Waals surface area (Å²) in [5, 5.41) is 1.21. The normalized spacial score (nSPS) is 24.6. The fourth-order valence-corrected chi connectivity index (χ4v) is 8.15. The van der Waals surface area contributed by atoms with Gasteiger partial charge in [0, 0.05) is 10.9 Å². The van der Waals surface area contributed by atoms with Crippen LogP contribution in [0.5, 0.6) is 0 Å². The molecule has 5 heteroatoms. The average molecular weight is 583 g/mol. The first-order valence-corrected chi connectivity index (χ1v) is 16.4. The standard InChI is InChI=1S/C36H55O4P/c1-23-15-28(34(9,10)11)25(17-26(23)32(3,4)5)31-37-19-36(20-38-31)21-39-41(40-22-36)30-18-27(33(6,7)8)24(2)16-29(30)35(12,13)14/h15-18,31H,19-22H2,1-14H3. The van der Waals surface area contributed by atoms with Crippen molar-refractivity contribution in [2.24, 2.45) is 5.41 Å². The molecule has 0 radical (unpaired) electrons. The van der Waals surface area contributed by atoms with Gasteiger partial charge in [-0.05, 0) is 81.0 Å². The molecule has 2 saturated heterocycles.